The van der Waals surface area contributed by atoms with Crippen molar-refractivity contribution in [1.82, 2.24) is 25.0 Å². The molecule has 0 aromatic carbocycles. The van der Waals surface area contributed by atoms with E-state index in [1.807, 2.05) is 30.3 Å². The third kappa shape index (κ3) is 3.22. The second-order valence-corrected chi connectivity index (χ2v) is 4.91. The fourth-order valence-electron chi connectivity index (χ4n) is 2.52. The molecule has 1 atom stereocenters. The molecule has 3 heterocycles. The quantitative estimate of drug-likeness (QED) is 0.900. The second-order valence-electron chi connectivity index (χ2n) is 4.91. The topological polar surface area (TPSA) is 63.1 Å². The predicted octanol–water partition coefficient (Wildman–Crippen LogP) is 1.02. The zero-order chi connectivity index (χ0) is 13.9. The lowest BCUT2D eigenvalue weighted by molar-refractivity contribution is 0.0634. The Balaban J connectivity index is 0.00000161. The average Bonchev–Trinajstić information content (AvgIpc) is 2.94. The Morgan fingerprint density at radius 1 is 1.43 bits per heavy atom. The van der Waals surface area contributed by atoms with Gasteiger partial charge in [-0.3, -0.25) is 14.5 Å². The number of aromatic nitrogens is 3. The fourth-order valence-corrected chi connectivity index (χ4v) is 2.52. The molecule has 6 nitrogen and oxygen atoms in total. The number of nitrogens with one attached hydrogen (secondary N) is 1. The summed E-state index contributed by atoms with van der Waals surface area (Å²) in [4.78, 5) is 18.7. The van der Waals surface area contributed by atoms with E-state index in [1.54, 1.807) is 23.3 Å². The Bertz CT molecular complexity index is 600. The number of rotatable bonds is 2. The minimum atomic E-state index is 0. The summed E-state index contributed by atoms with van der Waals surface area (Å²) in [5.74, 6) is 0.0217. The number of amides is 1. The van der Waals surface area contributed by atoms with Crippen molar-refractivity contribution in [3.05, 3.63) is 48.0 Å². The van der Waals surface area contributed by atoms with Crippen molar-refractivity contribution < 1.29 is 4.79 Å². The van der Waals surface area contributed by atoms with Gasteiger partial charge in [-0.05, 0) is 11.6 Å². The summed E-state index contributed by atoms with van der Waals surface area (Å²) in [6, 6.07) is 3.93. The van der Waals surface area contributed by atoms with Crippen LogP contribution >= 0.6 is 12.4 Å². The van der Waals surface area contributed by atoms with Gasteiger partial charge >= 0.3 is 0 Å². The molecule has 1 saturated heterocycles. The van der Waals surface area contributed by atoms with Crippen LogP contribution in [0.25, 0.3) is 0 Å². The van der Waals surface area contributed by atoms with Gasteiger partial charge < -0.3 is 10.2 Å². The summed E-state index contributed by atoms with van der Waals surface area (Å²) in [6.07, 6.45) is 6.93. The van der Waals surface area contributed by atoms with Crippen molar-refractivity contribution in [3.63, 3.8) is 0 Å². The summed E-state index contributed by atoms with van der Waals surface area (Å²) in [6.45, 7) is 2.24. The number of hydrogen-bond donors (Lipinski definition) is 1. The van der Waals surface area contributed by atoms with Crippen molar-refractivity contribution in [2.45, 2.75) is 6.04 Å². The van der Waals surface area contributed by atoms with Gasteiger partial charge in [0.05, 0.1) is 17.8 Å². The van der Waals surface area contributed by atoms with E-state index in [0.717, 1.165) is 18.7 Å². The fraction of sp³-hybridized carbons (Fsp3) is 0.357. The first kappa shape index (κ1) is 15.5. The first-order valence-corrected chi connectivity index (χ1v) is 6.66. The van der Waals surface area contributed by atoms with Gasteiger partial charge in [0.15, 0.2) is 0 Å². The van der Waals surface area contributed by atoms with E-state index in [1.165, 1.54) is 0 Å². The molecule has 2 aromatic rings. The largest absolute Gasteiger partial charge is 0.329 e. The summed E-state index contributed by atoms with van der Waals surface area (Å²) in [5.41, 5.74) is 1.68. The van der Waals surface area contributed by atoms with Crippen LogP contribution in [0, 0.1) is 0 Å². The van der Waals surface area contributed by atoms with E-state index in [9.17, 15) is 4.79 Å². The number of pyridine rings is 1. The molecule has 3 rings (SSSR count). The Kier molecular flexibility index (Phi) is 4.93. The zero-order valence-electron chi connectivity index (χ0n) is 11.8. The summed E-state index contributed by atoms with van der Waals surface area (Å²) < 4.78 is 1.65. The first-order valence-electron chi connectivity index (χ1n) is 6.66. The van der Waals surface area contributed by atoms with Crippen LogP contribution in [-0.2, 0) is 7.05 Å². The molecule has 1 fully saturated rings. The highest BCUT2D eigenvalue weighted by Crippen LogP contribution is 2.23. The molecule has 112 valence electrons. The summed E-state index contributed by atoms with van der Waals surface area (Å²) in [7, 11) is 1.81. The van der Waals surface area contributed by atoms with Gasteiger partial charge in [0.2, 0.25) is 0 Å². The number of nitrogens with zero attached hydrogens (tertiary/aromatic N) is 4. The SMILES string of the molecule is Cl.Cn1cc(C(=O)N2CCNCC2c2cccnc2)cn1. The minimum absolute atomic E-state index is 0. The minimum Gasteiger partial charge on any atom is -0.329 e. The third-order valence-electron chi connectivity index (χ3n) is 3.53. The highest BCUT2D eigenvalue weighted by Gasteiger charge is 2.29. The van der Waals surface area contributed by atoms with Crippen LogP contribution in [0.15, 0.2) is 36.9 Å². The maximum Gasteiger partial charge on any atom is 0.257 e. The predicted molar refractivity (Wildman–Crippen MR) is 81.3 cm³/mol. The maximum absolute atomic E-state index is 12.6. The number of hydrogen-bond acceptors (Lipinski definition) is 4. The van der Waals surface area contributed by atoms with Crippen LogP contribution in [0.1, 0.15) is 22.0 Å². The Morgan fingerprint density at radius 2 is 2.29 bits per heavy atom. The molecule has 1 unspecified atom stereocenters. The van der Waals surface area contributed by atoms with E-state index >= 15 is 0 Å². The molecule has 1 aliphatic rings. The smallest absolute Gasteiger partial charge is 0.257 e. The summed E-state index contributed by atoms with van der Waals surface area (Å²) in [5, 5.41) is 7.40. The van der Waals surface area contributed by atoms with Gasteiger partial charge in [0, 0.05) is 45.3 Å². The first-order chi connectivity index (χ1) is 9.75. The van der Waals surface area contributed by atoms with Gasteiger partial charge in [0.1, 0.15) is 0 Å². The van der Waals surface area contributed by atoms with Crippen LogP contribution in [0.5, 0.6) is 0 Å². The molecule has 0 spiro atoms. The molecular formula is C14H18ClN5O. The lowest BCUT2D eigenvalue weighted by Crippen LogP contribution is -2.48. The molecule has 0 aliphatic carbocycles. The molecule has 7 heteroatoms. The molecular weight excluding hydrogens is 290 g/mol. The van der Waals surface area contributed by atoms with Gasteiger partial charge in [0.25, 0.3) is 5.91 Å². The molecule has 1 N–H and O–H groups in total. The average molecular weight is 308 g/mol. The molecule has 0 bridgehead atoms. The Labute approximate surface area is 129 Å². The van der Waals surface area contributed by atoms with Crippen molar-refractivity contribution in [2.75, 3.05) is 19.6 Å². The van der Waals surface area contributed by atoms with E-state index < -0.39 is 0 Å². The highest BCUT2D eigenvalue weighted by molar-refractivity contribution is 5.94. The molecule has 21 heavy (non-hydrogen) atoms. The Hall–Kier alpha value is -1.92. The number of aryl methyl sites for hydroxylation is 1. The molecule has 0 saturated carbocycles. The monoisotopic (exact) mass is 307 g/mol. The molecule has 0 radical (unpaired) electrons. The van der Waals surface area contributed by atoms with Gasteiger partial charge in [-0.1, -0.05) is 6.07 Å². The van der Waals surface area contributed by atoms with Gasteiger partial charge in [-0.15, -0.1) is 12.4 Å². The number of piperazine rings is 1. The molecule has 1 aliphatic heterocycles. The number of carbonyl (C=O) groups excluding carboxylic acids is 1. The second kappa shape index (κ2) is 6.69. The standard InChI is InChI=1S/C14H17N5O.ClH/c1-18-10-12(8-17-18)14(20)19-6-5-16-9-13(19)11-3-2-4-15-7-11;/h2-4,7-8,10,13,16H,5-6,9H2,1H3;1H. The highest BCUT2D eigenvalue weighted by atomic mass is 35.5. The van der Waals surface area contributed by atoms with Crippen molar-refractivity contribution in [3.8, 4) is 0 Å². The lowest BCUT2D eigenvalue weighted by Gasteiger charge is -2.36. The van der Waals surface area contributed by atoms with E-state index in [-0.39, 0.29) is 24.4 Å². The maximum atomic E-state index is 12.6. The third-order valence-corrected chi connectivity index (χ3v) is 3.53. The number of carbonyl (C=O) groups is 1. The van der Waals surface area contributed by atoms with Crippen LogP contribution in [-0.4, -0.2) is 45.2 Å². The van der Waals surface area contributed by atoms with Gasteiger partial charge in [-0.25, -0.2) is 0 Å². The van der Waals surface area contributed by atoms with Crippen molar-refractivity contribution in [2.24, 2.45) is 7.05 Å². The summed E-state index contributed by atoms with van der Waals surface area (Å²) >= 11 is 0. The van der Waals surface area contributed by atoms with Crippen LogP contribution in [0.3, 0.4) is 0 Å². The normalized spacial score (nSPS) is 18.1. The van der Waals surface area contributed by atoms with E-state index in [4.69, 9.17) is 0 Å². The van der Waals surface area contributed by atoms with Crippen molar-refractivity contribution in [1.29, 1.82) is 0 Å². The zero-order valence-corrected chi connectivity index (χ0v) is 12.6. The Morgan fingerprint density at radius 3 is 2.95 bits per heavy atom. The van der Waals surface area contributed by atoms with Crippen LogP contribution in [0.4, 0.5) is 0 Å². The van der Waals surface area contributed by atoms with Gasteiger partial charge in [-0.2, -0.15) is 5.10 Å². The molecule has 2 aromatic heterocycles. The van der Waals surface area contributed by atoms with E-state index in [0.29, 0.717) is 12.1 Å². The lowest BCUT2D eigenvalue weighted by atomic mass is 10.0. The van der Waals surface area contributed by atoms with Crippen LogP contribution < -0.4 is 5.32 Å². The van der Waals surface area contributed by atoms with Crippen LogP contribution in [0.2, 0.25) is 0 Å². The van der Waals surface area contributed by atoms with Crippen molar-refractivity contribution >= 4 is 18.3 Å². The number of halogens is 1. The molecule has 1 amide bonds. The van der Waals surface area contributed by atoms with E-state index in [2.05, 4.69) is 15.4 Å².